The molecular weight excluding hydrogens is 430 g/mol. The summed E-state index contributed by atoms with van der Waals surface area (Å²) in [6.45, 7) is 0. The van der Waals surface area contributed by atoms with E-state index in [0.717, 1.165) is 16.2 Å². The van der Waals surface area contributed by atoms with Crippen LogP contribution >= 0.6 is 34.9 Å². The van der Waals surface area contributed by atoms with Crippen molar-refractivity contribution in [3.05, 3.63) is 34.4 Å². The normalized spacial score (nSPS) is 15.8. The highest BCUT2D eigenvalue weighted by molar-refractivity contribution is 7.97. The molecule has 3 aromatic heterocycles. The third-order valence-electron chi connectivity index (χ3n) is 4.27. The van der Waals surface area contributed by atoms with E-state index in [4.69, 9.17) is 11.6 Å². The lowest BCUT2D eigenvalue weighted by molar-refractivity contribution is 0.142. The van der Waals surface area contributed by atoms with Crippen LogP contribution in [0.2, 0.25) is 5.02 Å². The summed E-state index contributed by atoms with van der Waals surface area (Å²) in [5.74, 6) is 0. The molecule has 28 heavy (non-hydrogen) atoms. The molecule has 0 unspecified atom stereocenters. The zero-order valence-electron chi connectivity index (χ0n) is 13.9. The second-order valence-electron chi connectivity index (χ2n) is 6.34. The van der Waals surface area contributed by atoms with Crippen LogP contribution in [0, 0.1) is 0 Å². The average Bonchev–Trinajstić information content (AvgIpc) is 3.07. The molecule has 2 N–H and O–H groups in total. The van der Waals surface area contributed by atoms with Crippen LogP contribution in [0.5, 0.6) is 0 Å². The minimum atomic E-state index is -2.70. The predicted molar refractivity (Wildman–Crippen MR) is 103 cm³/mol. The molecule has 0 bridgehead atoms. The first kappa shape index (κ1) is 18.1. The number of halogens is 3. The van der Waals surface area contributed by atoms with Gasteiger partial charge in [-0.3, -0.25) is 0 Å². The summed E-state index contributed by atoms with van der Waals surface area (Å²) < 4.78 is 30.5. The molecular formula is C16H11ClF2N6OS2. The third-order valence-corrected chi connectivity index (χ3v) is 6.44. The number of alkyl halides is 2. The summed E-state index contributed by atoms with van der Waals surface area (Å²) in [7, 11) is 0. The summed E-state index contributed by atoms with van der Waals surface area (Å²) in [5.41, 5.74) is 0.658. The van der Waals surface area contributed by atoms with Crippen LogP contribution in [0.25, 0.3) is 27.3 Å². The molecule has 0 saturated heterocycles. The van der Waals surface area contributed by atoms with Gasteiger partial charge in [0.25, 0.3) is 6.43 Å². The van der Waals surface area contributed by atoms with E-state index < -0.39 is 12.2 Å². The Hall–Kier alpha value is -1.92. The van der Waals surface area contributed by atoms with Crippen molar-refractivity contribution >= 4 is 51.4 Å². The number of nitrogens with zero attached hydrogens (tertiary/aromatic N) is 5. The maximum absolute atomic E-state index is 13.0. The third kappa shape index (κ3) is 3.12. The average molecular weight is 441 g/mol. The second kappa shape index (κ2) is 6.56. The largest absolute Gasteiger partial charge is 0.375 e. The lowest BCUT2D eigenvalue weighted by Gasteiger charge is -2.12. The highest BCUT2D eigenvalue weighted by Gasteiger charge is 2.40. The van der Waals surface area contributed by atoms with Crippen LogP contribution in [-0.2, 0) is 0 Å². The lowest BCUT2D eigenvalue weighted by atomic mass is 10.2. The van der Waals surface area contributed by atoms with Gasteiger partial charge in [0.05, 0.1) is 16.7 Å². The molecule has 1 aliphatic rings. The molecule has 1 aliphatic carbocycles. The summed E-state index contributed by atoms with van der Waals surface area (Å²) in [6, 6.07) is 5.27. The molecule has 0 radical (unpaired) electrons. The van der Waals surface area contributed by atoms with Crippen LogP contribution < -0.4 is 4.72 Å². The first-order valence-corrected chi connectivity index (χ1v) is 10.2. The summed E-state index contributed by atoms with van der Waals surface area (Å²) in [6.07, 6.45) is 0.251. The minimum absolute atomic E-state index is 0.274. The molecule has 0 spiro atoms. The van der Waals surface area contributed by atoms with Gasteiger partial charge in [0.2, 0.25) is 0 Å². The Morgan fingerprint density at radius 3 is 2.86 bits per heavy atom. The van der Waals surface area contributed by atoms with Crippen LogP contribution in [0.15, 0.2) is 29.3 Å². The second-order valence-corrected chi connectivity index (χ2v) is 8.64. The van der Waals surface area contributed by atoms with Crippen molar-refractivity contribution in [1.82, 2.24) is 29.5 Å². The van der Waals surface area contributed by atoms with E-state index >= 15 is 0 Å². The van der Waals surface area contributed by atoms with Crippen molar-refractivity contribution < 1.29 is 13.9 Å². The first-order valence-electron chi connectivity index (χ1n) is 8.19. The highest BCUT2D eigenvalue weighted by Crippen LogP contribution is 2.39. The van der Waals surface area contributed by atoms with Crippen molar-refractivity contribution in [2.45, 2.75) is 29.9 Å². The molecule has 0 atom stereocenters. The molecule has 144 valence electrons. The van der Waals surface area contributed by atoms with E-state index in [1.54, 1.807) is 22.8 Å². The van der Waals surface area contributed by atoms with Crippen LogP contribution in [-0.4, -0.2) is 35.6 Å². The number of rotatable bonds is 5. The molecule has 4 aromatic rings. The van der Waals surface area contributed by atoms with E-state index in [2.05, 4.69) is 25.0 Å². The van der Waals surface area contributed by atoms with Crippen molar-refractivity contribution in [2.24, 2.45) is 0 Å². The Kier molecular flexibility index (Phi) is 4.25. The topological polar surface area (TPSA) is 88.2 Å². The van der Waals surface area contributed by atoms with Gasteiger partial charge in [-0.2, -0.15) is 5.10 Å². The number of fused-ring (bicyclic) bond motifs is 3. The van der Waals surface area contributed by atoms with Crippen molar-refractivity contribution in [3.8, 4) is 10.7 Å². The first-order chi connectivity index (χ1) is 13.4. The molecule has 1 aromatic carbocycles. The fraction of sp³-hybridized carbons (Fsp3) is 0.250. The lowest BCUT2D eigenvalue weighted by Crippen LogP contribution is -2.23. The smallest absolute Gasteiger partial charge is 0.291 e. The van der Waals surface area contributed by atoms with Gasteiger partial charge in [-0.25, -0.2) is 23.0 Å². The molecule has 3 heterocycles. The Morgan fingerprint density at radius 1 is 1.32 bits per heavy atom. The van der Waals surface area contributed by atoms with Crippen LogP contribution in [0.4, 0.5) is 8.78 Å². The number of benzene rings is 1. The van der Waals surface area contributed by atoms with Gasteiger partial charge in [-0.15, -0.1) is 10.2 Å². The zero-order valence-corrected chi connectivity index (χ0v) is 16.3. The summed E-state index contributed by atoms with van der Waals surface area (Å²) in [4.78, 5) is 5.28. The zero-order chi connectivity index (χ0) is 19.5. The highest BCUT2D eigenvalue weighted by atomic mass is 35.5. The van der Waals surface area contributed by atoms with Crippen LogP contribution in [0.1, 0.15) is 24.3 Å². The van der Waals surface area contributed by atoms with Gasteiger partial charge in [0.15, 0.2) is 15.7 Å². The maximum atomic E-state index is 13.0. The molecule has 1 saturated carbocycles. The SMILES string of the molecule is OC1(NSc2cc(Cl)c3c(c2)c(-c2nnc(C(F)F)s2)nc2ccnn23)CC1. The van der Waals surface area contributed by atoms with Gasteiger partial charge < -0.3 is 5.11 Å². The Labute approximate surface area is 169 Å². The van der Waals surface area contributed by atoms with E-state index in [0.29, 0.717) is 40.1 Å². The van der Waals surface area contributed by atoms with E-state index in [1.165, 1.54) is 11.9 Å². The molecule has 1 fully saturated rings. The minimum Gasteiger partial charge on any atom is -0.375 e. The molecule has 7 nitrogen and oxygen atoms in total. The number of hydrogen-bond acceptors (Lipinski definition) is 8. The van der Waals surface area contributed by atoms with Gasteiger partial charge in [0.1, 0.15) is 11.4 Å². The maximum Gasteiger partial charge on any atom is 0.291 e. The van der Waals surface area contributed by atoms with E-state index in [9.17, 15) is 13.9 Å². The summed E-state index contributed by atoms with van der Waals surface area (Å²) in [5, 5.41) is 22.6. The number of aromatic nitrogens is 5. The molecule has 0 amide bonds. The molecule has 5 rings (SSSR count). The molecule has 12 heteroatoms. The van der Waals surface area contributed by atoms with Gasteiger partial charge in [-0.05, 0) is 36.9 Å². The fourth-order valence-corrected chi connectivity index (χ4v) is 4.65. The quantitative estimate of drug-likeness (QED) is 0.357. The van der Waals surface area contributed by atoms with E-state index in [-0.39, 0.29) is 10.0 Å². The van der Waals surface area contributed by atoms with E-state index in [1.807, 2.05) is 6.07 Å². The van der Waals surface area contributed by atoms with Gasteiger partial charge in [0, 0.05) is 16.3 Å². The van der Waals surface area contributed by atoms with Crippen LogP contribution in [0.3, 0.4) is 0 Å². The Bertz CT molecular complexity index is 1210. The van der Waals surface area contributed by atoms with Gasteiger partial charge in [-0.1, -0.05) is 22.9 Å². The standard InChI is InChI=1S/C16H11ClF2N6OS2/c17-9-6-7(28-24-16(26)2-3-16)5-8-11(14-22-23-15(27-14)13(18)19)21-10-1-4-20-25(10)12(8)9/h1,4-6,13,24,26H,2-3H2. The monoisotopic (exact) mass is 440 g/mol. The van der Waals surface area contributed by atoms with Crippen molar-refractivity contribution in [2.75, 3.05) is 0 Å². The summed E-state index contributed by atoms with van der Waals surface area (Å²) >= 11 is 8.57. The molecule has 0 aliphatic heterocycles. The Morgan fingerprint density at radius 2 is 2.14 bits per heavy atom. The number of hydrogen-bond donors (Lipinski definition) is 2. The predicted octanol–water partition coefficient (Wildman–Crippen LogP) is 4.07. The number of aliphatic hydroxyl groups is 1. The van der Waals surface area contributed by atoms with Gasteiger partial charge >= 0.3 is 0 Å². The van der Waals surface area contributed by atoms with Crippen molar-refractivity contribution in [1.29, 1.82) is 0 Å². The van der Waals surface area contributed by atoms with Crippen molar-refractivity contribution in [3.63, 3.8) is 0 Å². The fourth-order valence-electron chi connectivity index (χ4n) is 2.71. The number of nitrogens with one attached hydrogen (secondary N) is 1. The Balaban J connectivity index is 1.70.